The van der Waals surface area contributed by atoms with Gasteiger partial charge in [-0.2, -0.15) is 5.10 Å². The largest absolute Gasteiger partial charge is 0.346 e. The summed E-state index contributed by atoms with van der Waals surface area (Å²) in [6.45, 7) is 12.9. The fourth-order valence-electron chi connectivity index (χ4n) is 2.56. The van der Waals surface area contributed by atoms with Crippen LogP contribution in [0.2, 0.25) is 0 Å². The number of nitrogens with one attached hydrogen (secondary N) is 1. The lowest BCUT2D eigenvalue weighted by Gasteiger charge is -2.19. The molecule has 2 rings (SSSR count). The fourth-order valence-corrected chi connectivity index (χ4v) is 2.56. The molecular weight excluding hydrogens is 304 g/mol. The smallest absolute Gasteiger partial charge is 0.270 e. The lowest BCUT2D eigenvalue weighted by Crippen LogP contribution is -2.28. The average Bonchev–Trinajstić information content (AvgIpc) is 2.93. The Kier molecular flexibility index (Phi) is 5.89. The van der Waals surface area contributed by atoms with E-state index in [1.165, 1.54) is 0 Å². The molecule has 0 saturated heterocycles. The highest BCUT2D eigenvalue weighted by Gasteiger charge is 2.14. The summed E-state index contributed by atoms with van der Waals surface area (Å²) in [5.74, 6) is 0.401. The summed E-state index contributed by atoms with van der Waals surface area (Å²) in [5.41, 5.74) is 3.26. The van der Waals surface area contributed by atoms with Crippen molar-refractivity contribution in [3.8, 4) is 0 Å². The van der Waals surface area contributed by atoms with Crippen LogP contribution in [0, 0.1) is 13.8 Å². The maximum Gasteiger partial charge on any atom is 0.270 e. The molecule has 0 bridgehead atoms. The number of anilines is 1. The van der Waals surface area contributed by atoms with E-state index in [1.807, 2.05) is 44.2 Å². The van der Waals surface area contributed by atoms with Crippen molar-refractivity contribution in [3.63, 3.8) is 0 Å². The van der Waals surface area contributed by atoms with Gasteiger partial charge in [0.2, 0.25) is 5.95 Å². The van der Waals surface area contributed by atoms with Crippen LogP contribution in [-0.2, 0) is 13.1 Å². The van der Waals surface area contributed by atoms with Crippen molar-refractivity contribution in [2.45, 2.75) is 47.7 Å². The van der Waals surface area contributed by atoms with Gasteiger partial charge in [0.15, 0.2) is 0 Å². The zero-order chi connectivity index (χ0) is 17.7. The number of hydrogen-bond donors (Lipinski definition) is 1. The van der Waals surface area contributed by atoms with E-state index in [9.17, 15) is 4.79 Å². The second-order valence-corrected chi connectivity index (χ2v) is 5.62. The number of carbonyl (C=O) groups excluding carboxylic acids is 1. The van der Waals surface area contributed by atoms with E-state index in [1.54, 1.807) is 12.3 Å². The molecule has 1 amide bonds. The summed E-state index contributed by atoms with van der Waals surface area (Å²) in [6, 6.07) is 1.71. The van der Waals surface area contributed by atoms with Crippen LogP contribution >= 0.6 is 0 Å². The van der Waals surface area contributed by atoms with Gasteiger partial charge in [-0.15, -0.1) is 0 Å². The zero-order valence-electron chi connectivity index (χ0n) is 15.1. The number of carbonyl (C=O) groups is 1. The van der Waals surface area contributed by atoms with Crippen LogP contribution in [0.25, 0.3) is 0 Å². The standard InChI is InChI=1S/C17H26N6O/c1-6-22(7-2)17-20-12(4)9-15(21-17)16(24)18-10-14-11-19-23(8-3)13(14)5/h9,11H,6-8,10H2,1-5H3,(H,18,24). The molecule has 1 N–H and O–H groups in total. The Bertz CT molecular complexity index is 705. The SMILES string of the molecule is CCN(CC)c1nc(C)cc(C(=O)NCc2cnn(CC)c2C)n1. The van der Waals surface area contributed by atoms with E-state index < -0.39 is 0 Å². The molecular formula is C17H26N6O. The molecule has 0 aliphatic heterocycles. The topological polar surface area (TPSA) is 75.9 Å². The summed E-state index contributed by atoms with van der Waals surface area (Å²) in [7, 11) is 0. The molecule has 7 heteroatoms. The lowest BCUT2D eigenvalue weighted by molar-refractivity contribution is 0.0945. The summed E-state index contributed by atoms with van der Waals surface area (Å²) in [5, 5.41) is 7.21. The number of hydrogen-bond acceptors (Lipinski definition) is 5. The molecule has 0 fully saturated rings. The molecule has 24 heavy (non-hydrogen) atoms. The van der Waals surface area contributed by atoms with Crippen molar-refractivity contribution in [2.24, 2.45) is 0 Å². The van der Waals surface area contributed by atoms with E-state index in [-0.39, 0.29) is 5.91 Å². The van der Waals surface area contributed by atoms with Crippen molar-refractivity contribution < 1.29 is 4.79 Å². The number of aromatic nitrogens is 4. The molecule has 130 valence electrons. The molecule has 0 spiro atoms. The lowest BCUT2D eigenvalue weighted by atomic mass is 10.2. The Morgan fingerprint density at radius 3 is 2.50 bits per heavy atom. The van der Waals surface area contributed by atoms with E-state index in [0.29, 0.717) is 18.2 Å². The third kappa shape index (κ3) is 3.90. The zero-order valence-corrected chi connectivity index (χ0v) is 15.1. The minimum atomic E-state index is -0.197. The van der Waals surface area contributed by atoms with E-state index in [4.69, 9.17) is 0 Å². The summed E-state index contributed by atoms with van der Waals surface area (Å²) >= 11 is 0. The van der Waals surface area contributed by atoms with Gasteiger partial charge in [-0.3, -0.25) is 9.48 Å². The van der Waals surface area contributed by atoms with E-state index in [0.717, 1.165) is 36.6 Å². The van der Waals surface area contributed by atoms with Crippen LogP contribution in [0.15, 0.2) is 12.3 Å². The molecule has 2 aromatic rings. The Balaban J connectivity index is 2.13. The molecule has 0 unspecified atom stereocenters. The van der Waals surface area contributed by atoms with Crippen molar-refractivity contribution in [1.82, 2.24) is 25.1 Å². The molecule has 2 aromatic heterocycles. The van der Waals surface area contributed by atoms with Gasteiger partial charge in [-0.05, 0) is 40.7 Å². The van der Waals surface area contributed by atoms with Crippen LogP contribution < -0.4 is 10.2 Å². The Hall–Kier alpha value is -2.44. The van der Waals surface area contributed by atoms with E-state index >= 15 is 0 Å². The molecule has 0 atom stereocenters. The summed E-state index contributed by atoms with van der Waals surface area (Å²) in [4.78, 5) is 23.3. The monoisotopic (exact) mass is 330 g/mol. The van der Waals surface area contributed by atoms with Gasteiger partial charge in [-0.1, -0.05) is 0 Å². The minimum Gasteiger partial charge on any atom is -0.346 e. The van der Waals surface area contributed by atoms with Crippen molar-refractivity contribution in [2.75, 3.05) is 18.0 Å². The first-order valence-electron chi connectivity index (χ1n) is 8.40. The summed E-state index contributed by atoms with van der Waals surface area (Å²) in [6.07, 6.45) is 1.80. The summed E-state index contributed by atoms with van der Waals surface area (Å²) < 4.78 is 1.91. The predicted molar refractivity (Wildman–Crippen MR) is 94.1 cm³/mol. The molecule has 7 nitrogen and oxygen atoms in total. The van der Waals surface area contributed by atoms with Crippen molar-refractivity contribution in [1.29, 1.82) is 0 Å². The van der Waals surface area contributed by atoms with Gasteiger partial charge in [0, 0.05) is 43.1 Å². The van der Waals surface area contributed by atoms with Gasteiger partial charge in [0.1, 0.15) is 5.69 Å². The second kappa shape index (κ2) is 7.90. The highest BCUT2D eigenvalue weighted by molar-refractivity contribution is 5.92. The Morgan fingerprint density at radius 1 is 1.21 bits per heavy atom. The van der Waals surface area contributed by atoms with E-state index in [2.05, 4.69) is 20.4 Å². The molecule has 0 aliphatic carbocycles. The van der Waals surface area contributed by atoms with Gasteiger partial charge in [0.05, 0.1) is 6.20 Å². The highest BCUT2D eigenvalue weighted by Crippen LogP contribution is 2.11. The van der Waals surface area contributed by atoms with Gasteiger partial charge >= 0.3 is 0 Å². The van der Waals surface area contributed by atoms with Crippen LogP contribution in [0.3, 0.4) is 0 Å². The molecule has 0 saturated carbocycles. The quantitative estimate of drug-likeness (QED) is 0.841. The minimum absolute atomic E-state index is 0.197. The van der Waals surface area contributed by atoms with Gasteiger partial charge < -0.3 is 10.2 Å². The number of rotatable bonds is 7. The van der Waals surface area contributed by atoms with Crippen LogP contribution in [0.1, 0.15) is 48.2 Å². The predicted octanol–water partition coefficient (Wildman–Crippen LogP) is 2.09. The average molecular weight is 330 g/mol. The number of aryl methyl sites for hydroxylation is 2. The van der Waals surface area contributed by atoms with Gasteiger partial charge in [-0.25, -0.2) is 9.97 Å². The van der Waals surface area contributed by atoms with Crippen molar-refractivity contribution >= 4 is 11.9 Å². The Labute approximate surface area is 143 Å². The molecule has 0 aromatic carbocycles. The molecule has 0 radical (unpaired) electrons. The van der Waals surface area contributed by atoms with Crippen LogP contribution in [0.5, 0.6) is 0 Å². The second-order valence-electron chi connectivity index (χ2n) is 5.62. The Morgan fingerprint density at radius 2 is 1.92 bits per heavy atom. The maximum absolute atomic E-state index is 12.5. The number of nitrogens with zero attached hydrogens (tertiary/aromatic N) is 5. The fraction of sp³-hybridized carbons (Fsp3) is 0.529. The molecule has 2 heterocycles. The first-order valence-corrected chi connectivity index (χ1v) is 8.40. The van der Waals surface area contributed by atoms with Crippen molar-refractivity contribution in [3.05, 3.63) is 34.9 Å². The van der Waals surface area contributed by atoms with Crippen LogP contribution in [0.4, 0.5) is 5.95 Å². The third-order valence-electron chi connectivity index (χ3n) is 4.07. The first kappa shape index (κ1) is 17.9. The maximum atomic E-state index is 12.5. The molecule has 0 aliphatic rings. The van der Waals surface area contributed by atoms with Gasteiger partial charge in [0.25, 0.3) is 5.91 Å². The van der Waals surface area contributed by atoms with Crippen LogP contribution in [-0.4, -0.2) is 38.7 Å². The first-order chi connectivity index (χ1) is 11.5. The number of amides is 1. The highest BCUT2D eigenvalue weighted by atomic mass is 16.1. The third-order valence-corrected chi connectivity index (χ3v) is 4.07. The normalized spacial score (nSPS) is 10.7.